The van der Waals surface area contributed by atoms with Crippen molar-refractivity contribution in [2.75, 3.05) is 33.3 Å². The van der Waals surface area contributed by atoms with Crippen molar-refractivity contribution in [1.82, 2.24) is 10.2 Å². The van der Waals surface area contributed by atoms with Gasteiger partial charge in [-0.05, 0) is 33.9 Å². The smallest absolute Gasteiger partial charge is 0.222 e. The minimum atomic E-state index is -0.184. The van der Waals surface area contributed by atoms with E-state index in [4.69, 9.17) is 4.74 Å². The molecule has 0 atom stereocenters. The van der Waals surface area contributed by atoms with E-state index in [1.54, 1.807) is 0 Å². The molecule has 4 nitrogen and oxygen atoms in total. The third kappa shape index (κ3) is 5.14. The molecule has 0 unspecified atom stereocenters. The van der Waals surface area contributed by atoms with Crippen LogP contribution in [-0.4, -0.2) is 49.7 Å². The average Bonchev–Trinajstić information content (AvgIpc) is 2.16. The molecule has 0 aromatic rings. The Labute approximate surface area is 104 Å². The molecule has 1 rings (SSSR count). The summed E-state index contributed by atoms with van der Waals surface area (Å²) in [6.07, 6.45) is 1.55. The fourth-order valence-corrected chi connectivity index (χ4v) is 1.80. The standard InChI is InChI=1S/C11H22N2O2.ClH/c1-11(2)9-13(7-8-15-11)10(14)5-4-6-12-3;/h12H,4-9H2,1-3H3;1H. The third-order valence-electron chi connectivity index (χ3n) is 2.60. The Morgan fingerprint density at radius 3 is 2.75 bits per heavy atom. The van der Waals surface area contributed by atoms with Crippen molar-refractivity contribution in [2.24, 2.45) is 0 Å². The number of amides is 1. The average molecular weight is 251 g/mol. The summed E-state index contributed by atoms with van der Waals surface area (Å²) in [5.74, 6) is 0.252. The number of carbonyl (C=O) groups excluding carboxylic acids is 1. The first-order valence-electron chi connectivity index (χ1n) is 5.61. The molecule has 0 aromatic heterocycles. The van der Waals surface area contributed by atoms with Gasteiger partial charge in [-0.1, -0.05) is 0 Å². The summed E-state index contributed by atoms with van der Waals surface area (Å²) in [4.78, 5) is 13.7. The summed E-state index contributed by atoms with van der Waals surface area (Å²) in [6, 6.07) is 0. The highest BCUT2D eigenvalue weighted by Gasteiger charge is 2.29. The van der Waals surface area contributed by atoms with E-state index in [-0.39, 0.29) is 23.9 Å². The number of nitrogens with zero attached hydrogens (tertiary/aromatic N) is 1. The zero-order valence-electron chi connectivity index (χ0n) is 10.4. The van der Waals surface area contributed by atoms with Crippen LogP contribution in [0.4, 0.5) is 0 Å². The fourth-order valence-electron chi connectivity index (χ4n) is 1.80. The molecular weight excluding hydrogens is 228 g/mol. The van der Waals surface area contributed by atoms with Gasteiger partial charge in [0.15, 0.2) is 0 Å². The number of hydrogen-bond acceptors (Lipinski definition) is 3. The molecule has 0 spiro atoms. The predicted molar refractivity (Wildman–Crippen MR) is 67.0 cm³/mol. The topological polar surface area (TPSA) is 41.6 Å². The molecule has 1 fully saturated rings. The SMILES string of the molecule is CNCCCC(=O)N1CCOC(C)(C)C1.Cl. The summed E-state index contributed by atoms with van der Waals surface area (Å²) < 4.78 is 5.57. The first kappa shape index (κ1) is 15.7. The van der Waals surface area contributed by atoms with Gasteiger partial charge in [-0.3, -0.25) is 4.79 Å². The second-order valence-corrected chi connectivity index (χ2v) is 4.63. The lowest BCUT2D eigenvalue weighted by Crippen LogP contribution is -2.50. The summed E-state index contributed by atoms with van der Waals surface area (Å²) in [5, 5.41) is 3.05. The first-order chi connectivity index (χ1) is 7.05. The monoisotopic (exact) mass is 250 g/mol. The molecule has 1 aliphatic rings. The number of rotatable bonds is 4. The Balaban J connectivity index is 0.00000225. The zero-order chi connectivity index (χ0) is 11.3. The number of nitrogens with one attached hydrogen (secondary N) is 1. The number of hydrogen-bond donors (Lipinski definition) is 1. The molecule has 0 saturated carbocycles. The normalized spacial score (nSPS) is 19.1. The molecule has 1 saturated heterocycles. The Kier molecular flexibility index (Phi) is 6.95. The number of ether oxygens (including phenoxy) is 1. The van der Waals surface area contributed by atoms with Crippen LogP contribution in [0.2, 0.25) is 0 Å². The second-order valence-electron chi connectivity index (χ2n) is 4.63. The highest BCUT2D eigenvalue weighted by atomic mass is 35.5. The molecule has 1 heterocycles. The second kappa shape index (κ2) is 7.09. The van der Waals surface area contributed by atoms with Gasteiger partial charge in [-0.15, -0.1) is 12.4 Å². The Morgan fingerprint density at radius 2 is 2.19 bits per heavy atom. The van der Waals surface area contributed by atoms with Gasteiger partial charge in [0.1, 0.15) is 0 Å². The zero-order valence-corrected chi connectivity index (χ0v) is 11.2. The lowest BCUT2D eigenvalue weighted by molar-refractivity contribution is -0.146. The van der Waals surface area contributed by atoms with E-state index in [0.29, 0.717) is 19.6 Å². The molecule has 0 aliphatic carbocycles. The highest BCUT2D eigenvalue weighted by molar-refractivity contribution is 5.85. The Hall–Kier alpha value is -0.320. The maximum atomic E-state index is 11.8. The van der Waals surface area contributed by atoms with Crippen molar-refractivity contribution in [3.8, 4) is 0 Å². The van der Waals surface area contributed by atoms with Crippen LogP contribution in [0, 0.1) is 0 Å². The number of carbonyl (C=O) groups is 1. The maximum absolute atomic E-state index is 11.8. The third-order valence-corrected chi connectivity index (χ3v) is 2.60. The van der Waals surface area contributed by atoms with Gasteiger partial charge in [0.05, 0.1) is 12.2 Å². The molecular formula is C11H23ClN2O2. The van der Waals surface area contributed by atoms with Gasteiger partial charge in [0, 0.05) is 19.5 Å². The van der Waals surface area contributed by atoms with Crippen molar-refractivity contribution in [1.29, 1.82) is 0 Å². The van der Waals surface area contributed by atoms with Crippen molar-refractivity contribution in [3.63, 3.8) is 0 Å². The summed E-state index contributed by atoms with van der Waals surface area (Å²) in [6.45, 7) is 7.07. The van der Waals surface area contributed by atoms with Gasteiger partial charge in [-0.25, -0.2) is 0 Å². The van der Waals surface area contributed by atoms with Crippen molar-refractivity contribution >= 4 is 18.3 Å². The van der Waals surface area contributed by atoms with Gasteiger partial charge in [0.2, 0.25) is 5.91 Å². The fraction of sp³-hybridized carbons (Fsp3) is 0.909. The van der Waals surface area contributed by atoms with Crippen LogP contribution in [-0.2, 0) is 9.53 Å². The van der Waals surface area contributed by atoms with Crippen molar-refractivity contribution in [2.45, 2.75) is 32.3 Å². The van der Waals surface area contributed by atoms with E-state index in [1.165, 1.54) is 0 Å². The first-order valence-corrected chi connectivity index (χ1v) is 5.61. The van der Waals surface area contributed by atoms with Crippen LogP contribution >= 0.6 is 12.4 Å². The van der Waals surface area contributed by atoms with Gasteiger partial charge in [-0.2, -0.15) is 0 Å². The van der Waals surface area contributed by atoms with E-state index >= 15 is 0 Å². The van der Waals surface area contributed by atoms with E-state index in [1.807, 2.05) is 25.8 Å². The van der Waals surface area contributed by atoms with Gasteiger partial charge >= 0.3 is 0 Å². The van der Waals surface area contributed by atoms with Crippen molar-refractivity contribution in [3.05, 3.63) is 0 Å². The molecule has 0 bridgehead atoms. The van der Waals surface area contributed by atoms with E-state index in [9.17, 15) is 4.79 Å². The lowest BCUT2D eigenvalue weighted by atomic mass is 10.1. The summed E-state index contributed by atoms with van der Waals surface area (Å²) >= 11 is 0. The molecule has 0 radical (unpaired) electrons. The van der Waals surface area contributed by atoms with E-state index in [0.717, 1.165) is 19.5 Å². The minimum absolute atomic E-state index is 0. The van der Waals surface area contributed by atoms with Crippen molar-refractivity contribution < 1.29 is 9.53 Å². The molecule has 16 heavy (non-hydrogen) atoms. The quantitative estimate of drug-likeness (QED) is 0.759. The largest absolute Gasteiger partial charge is 0.372 e. The predicted octanol–water partition coefficient (Wildman–Crippen LogP) is 1.05. The highest BCUT2D eigenvalue weighted by Crippen LogP contribution is 2.17. The van der Waals surface area contributed by atoms with Crippen LogP contribution in [0.25, 0.3) is 0 Å². The number of halogens is 1. The molecule has 5 heteroatoms. The summed E-state index contributed by atoms with van der Waals surface area (Å²) in [7, 11) is 1.91. The van der Waals surface area contributed by atoms with Crippen LogP contribution < -0.4 is 5.32 Å². The Bertz CT molecular complexity index is 222. The van der Waals surface area contributed by atoms with E-state index in [2.05, 4.69) is 5.32 Å². The lowest BCUT2D eigenvalue weighted by Gasteiger charge is -2.38. The maximum Gasteiger partial charge on any atom is 0.222 e. The van der Waals surface area contributed by atoms with Crippen LogP contribution in [0.15, 0.2) is 0 Å². The summed E-state index contributed by atoms with van der Waals surface area (Å²) in [5.41, 5.74) is -0.184. The molecule has 96 valence electrons. The molecule has 0 aromatic carbocycles. The Morgan fingerprint density at radius 1 is 1.50 bits per heavy atom. The molecule has 1 amide bonds. The number of morpholine rings is 1. The van der Waals surface area contributed by atoms with Crippen LogP contribution in [0.5, 0.6) is 0 Å². The minimum Gasteiger partial charge on any atom is -0.372 e. The van der Waals surface area contributed by atoms with Crippen LogP contribution in [0.3, 0.4) is 0 Å². The van der Waals surface area contributed by atoms with E-state index < -0.39 is 0 Å². The molecule has 1 N–H and O–H groups in total. The molecule has 1 aliphatic heterocycles. The van der Waals surface area contributed by atoms with Gasteiger partial charge < -0.3 is 15.0 Å². The van der Waals surface area contributed by atoms with Crippen LogP contribution in [0.1, 0.15) is 26.7 Å². The van der Waals surface area contributed by atoms with Gasteiger partial charge in [0.25, 0.3) is 0 Å².